The van der Waals surface area contributed by atoms with Crippen molar-refractivity contribution < 1.29 is 14.7 Å². The van der Waals surface area contributed by atoms with Crippen LogP contribution >= 0.6 is 0 Å². The van der Waals surface area contributed by atoms with Gasteiger partial charge in [-0.2, -0.15) is 0 Å². The zero-order valence-electron chi connectivity index (χ0n) is 14.9. The van der Waals surface area contributed by atoms with E-state index in [9.17, 15) is 14.7 Å². The van der Waals surface area contributed by atoms with Gasteiger partial charge in [0.15, 0.2) is 0 Å². The molecule has 0 bridgehead atoms. The van der Waals surface area contributed by atoms with Gasteiger partial charge in [0, 0.05) is 37.9 Å². The molecule has 25 heavy (non-hydrogen) atoms. The number of urea groups is 1. The highest BCUT2D eigenvalue weighted by atomic mass is 16.4. The van der Waals surface area contributed by atoms with Crippen LogP contribution in [0.15, 0.2) is 24.3 Å². The second-order valence-corrected chi connectivity index (χ2v) is 7.39. The highest BCUT2D eigenvalue weighted by molar-refractivity contribution is 5.76. The Bertz CT molecular complexity index is 649. The molecular formula is C19H27N3O3. The summed E-state index contributed by atoms with van der Waals surface area (Å²) >= 11 is 0. The van der Waals surface area contributed by atoms with Crippen molar-refractivity contribution >= 4 is 17.7 Å². The first kappa shape index (κ1) is 17.6. The number of fused-ring (bicyclic) bond motifs is 1. The first-order valence-electron chi connectivity index (χ1n) is 9.06. The number of para-hydroxylation sites is 1. The van der Waals surface area contributed by atoms with E-state index in [1.807, 2.05) is 13.0 Å². The van der Waals surface area contributed by atoms with Crippen molar-refractivity contribution in [1.82, 2.24) is 10.2 Å². The van der Waals surface area contributed by atoms with Gasteiger partial charge >= 0.3 is 12.0 Å². The number of piperidine rings is 1. The monoisotopic (exact) mass is 345 g/mol. The fourth-order valence-corrected chi connectivity index (χ4v) is 3.97. The number of amides is 2. The highest BCUT2D eigenvalue weighted by Crippen LogP contribution is 2.29. The zero-order chi connectivity index (χ0) is 18.0. The molecular weight excluding hydrogens is 318 g/mol. The van der Waals surface area contributed by atoms with E-state index in [1.165, 1.54) is 11.3 Å². The van der Waals surface area contributed by atoms with Crippen LogP contribution < -0.4 is 10.2 Å². The van der Waals surface area contributed by atoms with Gasteiger partial charge in [-0.05, 0) is 37.3 Å². The molecule has 3 atom stereocenters. The molecule has 6 nitrogen and oxygen atoms in total. The number of hydrogen-bond donors (Lipinski definition) is 2. The average molecular weight is 345 g/mol. The molecule has 1 aromatic rings. The van der Waals surface area contributed by atoms with Gasteiger partial charge in [-0.25, -0.2) is 4.79 Å². The number of anilines is 1. The minimum Gasteiger partial charge on any atom is -0.481 e. The molecule has 0 radical (unpaired) electrons. The smallest absolute Gasteiger partial charge is 0.317 e. The van der Waals surface area contributed by atoms with Crippen LogP contribution in [0.5, 0.6) is 0 Å². The molecule has 1 aromatic carbocycles. The van der Waals surface area contributed by atoms with E-state index in [2.05, 4.69) is 35.3 Å². The Hall–Kier alpha value is -2.24. The Balaban J connectivity index is 1.54. The summed E-state index contributed by atoms with van der Waals surface area (Å²) in [5.41, 5.74) is 2.61. The third-order valence-corrected chi connectivity index (χ3v) is 5.30. The lowest BCUT2D eigenvalue weighted by molar-refractivity contribution is -0.143. The predicted molar refractivity (Wildman–Crippen MR) is 96.8 cm³/mol. The van der Waals surface area contributed by atoms with Gasteiger partial charge in [-0.3, -0.25) is 4.79 Å². The summed E-state index contributed by atoms with van der Waals surface area (Å²) in [5, 5.41) is 12.2. The van der Waals surface area contributed by atoms with Gasteiger partial charge in [-0.15, -0.1) is 0 Å². The molecule has 0 aliphatic carbocycles. The fraction of sp³-hybridized carbons (Fsp3) is 0.579. The third-order valence-electron chi connectivity index (χ3n) is 5.30. The van der Waals surface area contributed by atoms with Crippen LogP contribution in [0, 0.1) is 11.8 Å². The minimum atomic E-state index is -0.814. The summed E-state index contributed by atoms with van der Waals surface area (Å²) in [6, 6.07) is 8.43. The molecule has 2 amide bonds. The van der Waals surface area contributed by atoms with Crippen molar-refractivity contribution in [3.05, 3.63) is 29.8 Å². The Morgan fingerprint density at radius 3 is 2.84 bits per heavy atom. The summed E-state index contributed by atoms with van der Waals surface area (Å²) in [6.07, 6.45) is 1.68. The minimum absolute atomic E-state index is 0.155. The van der Waals surface area contributed by atoms with E-state index in [0.717, 1.165) is 13.0 Å². The summed E-state index contributed by atoms with van der Waals surface area (Å²) in [7, 11) is 0. The van der Waals surface area contributed by atoms with Gasteiger partial charge in [0.25, 0.3) is 0 Å². The van der Waals surface area contributed by atoms with Crippen molar-refractivity contribution in [1.29, 1.82) is 0 Å². The Morgan fingerprint density at radius 2 is 2.08 bits per heavy atom. The predicted octanol–water partition coefficient (Wildman–Crippen LogP) is 2.19. The molecule has 2 heterocycles. The second kappa shape index (κ2) is 7.33. The maximum Gasteiger partial charge on any atom is 0.317 e. The van der Waals surface area contributed by atoms with E-state index >= 15 is 0 Å². The Kier molecular flexibility index (Phi) is 5.16. The van der Waals surface area contributed by atoms with Gasteiger partial charge in [-0.1, -0.05) is 25.1 Å². The topological polar surface area (TPSA) is 72.9 Å². The molecule has 1 saturated heterocycles. The molecule has 0 spiro atoms. The van der Waals surface area contributed by atoms with E-state index in [4.69, 9.17) is 0 Å². The number of carbonyl (C=O) groups excluding carboxylic acids is 1. The number of carboxylic acid groups (broad SMARTS) is 1. The van der Waals surface area contributed by atoms with E-state index in [1.54, 1.807) is 4.90 Å². The second-order valence-electron chi connectivity index (χ2n) is 7.39. The molecule has 0 aromatic heterocycles. The number of likely N-dealkylation sites (tertiary alicyclic amines) is 1. The van der Waals surface area contributed by atoms with E-state index in [-0.39, 0.29) is 18.0 Å². The molecule has 136 valence electrons. The number of carboxylic acids is 1. The van der Waals surface area contributed by atoms with Crippen LogP contribution in [0.1, 0.15) is 25.8 Å². The maximum atomic E-state index is 12.5. The third kappa shape index (κ3) is 3.89. The average Bonchev–Trinajstić information content (AvgIpc) is 3.03. The normalized spacial score (nSPS) is 23.9. The molecule has 3 rings (SSSR count). The van der Waals surface area contributed by atoms with Crippen LogP contribution in [0.2, 0.25) is 0 Å². The van der Waals surface area contributed by atoms with Crippen molar-refractivity contribution in [2.75, 3.05) is 31.1 Å². The largest absolute Gasteiger partial charge is 0.481 e. The SMILES string of the molecule is CC1CC(C(=O)O)CN(C(=O)NCC(C)N2CCc3ccccc32)C1. The van der Waals surface area contributed by atoms with Crippen LogP contribution in [0.25, 0.3) is 0 Å². The lowest BCUT2D eigenvalue weighted by atomic mass is 9.91. The van der Waals surface area contributed by atoms with Gasteiger partial charge in [0.05, 0.1) is 5.92 Å². The van der Waals surface area contributed by atoms with Crippen LogP contribution in [-0.4, -0.2) is 54.2 Å². The number of hydrogen-bond acceptors (Lipinski definition) is 3. The van der Waals surface area contributed by atoms with E-state index < -0.39 is 11.9 Å². The van der Waals surface area contributed by atoms with Crippen molar-refractivity contribution in [3.8, 4) is 0 Å². The van der Waals surface area contributed by atoms with Crippen LogP contribution in [0.4, 0.5) is 10.5 Å². The highest BCUT2D eigenvalue weighted by Gasteiger charge is 2.32. The summed E-state index contributed by atoms with van der Waals surface area (Å²) in [4.78, 5) is 27.7. The molecule has 1 fully saturated rings. The standard InChI is InChI=1S/C19H27N3O3/c1-13-9-16(18(23)24)12-21(11-13)19(25)20-10-14(2)22-8-7-15-5-3-4-6-17(15)22/h3-6,13-14,16H,7-12H2,1-2H3,(H,20,25)(H,23,24). The van der Waals surface area contributed by atoms with Gasteiger partial charge in [0.2, 0.25) is 0 Å². The van der Waals surface area contributed by atoms with Crippen LogP contribution in [0.3, 0.4) is 0 Å². The molecule has 2 aliphatic heterocycles. The van der Waals surface area contributed by atoms with Gasteiger partial charge in [0.1, 0.15) is 0 Å². The molecule has 2 N–H and O–H groups in total. The molecule has 6 heteroatoms. The quantitative estimate of drug-likeness (QED) is 0.877. The maximum absolute atomic E-state index is 12.5. The van der Waals surface area contributed by atoms with Crippen molar-refractivity contribution in [3.63, 3.8) is 0 Å². The number of nitrogens with zero attached hydrogens (tertiary/aromatic N) is 2. The van der Waals surface area contributed by atoms with Crippen molar-refractivity contribution in [2.45, 2.75) is 32.7 Å². The Labute approximate surface area is 148 Å². The number of aliphatic carboxylic acids is 1. The zero-order valence-corrected chi connectivity index (χ0v) is 14.9. The number of benzene rings is 1. The Morgan fingerprint density at radius 1 is 1.32 bits per heavy atom. The van der Waals surface area contributed by atoms with Crippen LogP contribution in [-0.2, 0) is 11.2 Å². The summed E-state index contributed by atoms with van der Waals surface area (Å²) in [5.74, 6) is -1.06. The molecule has 0 saturated carbocycles. The number of carbonyl (C=O) groups is 2. The van der Waals surface area contributed by atoms with Gasteiger partial charge < -0.3 is 20.2 Å². The fourth-order valence-electron chi connectivity index (χ4n) is 3.97. The first-order valence-corrected chi connectivity index (χ1v) is 9.06. The summed E-state index contributed by atoms with van der Waals surface area (Å²) < 4.78 is 0. The van der Waals surface area contributed by atoms with E-state index in [0.29, 0.717) is 26.1 Å². The van der Waals surface area contributed by atoms with Crippen molar-refractivity contribution in [2.24, 2.45) is 11.8 Å². The number of nitrogens with one attached hydrogen (secondary N) is 1. The lowest BCUT2D eigenvalue weighted by Crippen LogP contribution is -2.51. The number of rotatable bonds is 4. The molecule has 2 aliphatic rings. The first-order chi connectivity index (χ1) is 12.0. The lowest BCUT2D eigenvalue weighted by Gasteiger charge is -2.35. The molecule has 3 unspecified atom stereocenters. The summed E-state index contributed by atoms with van der Waals surface area (Å²) in [6.45, 7) is 6.55.